The van der Waals surface area contributed by atoms with E-state index in [9.17, 15) is 82.8 Å². The number of rotatable bonds is 48. The summed E-state index contributed by atoms with van der Waals surface area (Å²) in [6.07, 6.45) is -0.295. The van der Waals surface area contributed by atoms with Crippen LogP contribution in [0.4, 0.5) is 0 Å². The largest absolute Gasteiger partial charge is 0.508 e. The summed E-state index contributed by atoms with van der Waals surface area (Å²) >= 11 is 0. The molecule has 1 aromatic rings. The van der Waals surface area contributed by atoms with Gasteiger partial charge in [-0.2, -0.15) is 0 Å². The summed E-state index contributed by atoms with van der Waals surface area (Å²) in [6, 6.07) is -10.9. The number of amides is 12. The highest BCUT2D eigenvalue weighted by Crippen LogP contribution is 2.21. The number of aliphatic hydroxyl groups is 2. The van der Waals surface area contributed by atoms with Gasteiger partial charge >= 0.3 is 5.97 Å². The number of unbranched alkanes of at least 4 members (excludes halogenated alkanes) is 2. The standard InChI is InChI=1S/C60H103N21O17/c1-32(2)28-42(58(97)98)78-53(92)41(29-33-15-17-34(84)18-16-33)77-50(89)37(11-4-6-24-62)74-54(93)43(30-82)79-51(90)38(12-7-25-70-59(66)67)73-52(91)39(20-22-47(65)86)75-55(94)44(31-83)80-56(95)45-14-9-27-81(45)57(96)40(13-8-26-71-60(68)69)76-49(88)36(10-3-5-23-61)72-48(87)35(63)19-21-46(64)85/h15-18,32,35-45,82-84H,3-14,19-31,61-63H2,1-2H3,(H2,64,85)(H2,65,86)(H,72,87)(H,73,91)(H,74,93)(H,75,94)(H,76,88)(H,77,89)(H,78,92)(H,79,90)(H,80,95)(H,97,98)(H4,66,67,70)(H4,68,69,71)/t35-,36+,37-,38-,39-,40-,41-,42+,43-,44+,45+/m1/s1. The second-order valence-corrected chi connectivity index (χ2v) is 24.0. The molecule has 12 amide bonds. The lowest BCUT2D eigenvalue weighted by Crippen LogP contribution is -2.61. The molecule has 0 spiro atoms. The number of aliphatic imine (C=N–C) groups is 2. The van der Waals surface area contributed by atoms with Crippen LogP contribution in [0.5, 0.6) is 5.75 Å². The van der Waals surface area contributed by atoms with Crippen LogP contribution in [-0.4, -0.2) is 226 Å². The zero-order valence-corrected chi connectivity index (χ0v) is 55.5. The van der Waals surface area contributed by atoms with E-state index in [1.165, 1.54) is 24.3 Å². The normalized spacial score (nSPS) is 15.7. The van der Waals surface area contributed by atoms with Crippen molar-refractivity contribution in [1.82, 2.24) is 52.8 Å². The summed E-state index contributed by atoms with van der Waals surface area (Å²) in [4.78, 5) is 185. The average Bonchev–Trinajstić information content (AvgIpc) is 1.60. The number of aliphatic hydroxyl groups excluding tert-OH is 2. The van der Waals surface area contributed by atoms with Gasteiger partial charge in [0.15, 0.2) is 11.9 Å². The molecule has 1 heterocycles. The third kappa shape index (κ3) is 32.0. The second-order valence-electron chi connectivity index (χ2n) is 24.0. The first-order valence-electron chi connectivity index (χ1n) is 32.5. The number of guanidine groups is 2. The van der Waals surface area contributed by atoms with Crippen LogP contribution in [0.1, 0.15) is 129 Å². The molecule has 1 aromatic carbocycles. The smallest absolute Gasteiger partial charge is 0.326 e. The van der Waals surface area contributed by atoms with E-state index in [0.29, 0.717) is 24.8 Å². The molecule has 98 heavy (non-hydrogen) atoms. The lowest BCUT2D eigenvalue weighted by atomic mass is 10.0. The van der Waals surface area contributed by atoms with Crippen molar-refractivity contribution in [3.05, 3.63) is 29.8 Å². The van der Waals surface area contributed by atoms with Crippen LogP contribution in [0.3, 0.4) is 0 Å². The third-order valence-electron chi connectivity index (χ3n) is 15.4. The number of nitrogens with one attached hydrogen (secondary N) is 9. The first kappa shape index (κ1) is 84.6. The Morgan fingerprint density at radius 2 is 0.888 bits per heavy atom. The fraction of sp³-hybridized carbons (Fsp3) is 0.650. The van der Waals surface area contributed by atoms with Gasteiger partial charge in [-0.3, -0.25) is 67.5 Å². The van der Waals surface area contributed by atoms with E-state index in [4.69, 9.17) is 51.6 Å². The maximum absolute atomic E-state index is 14.5. The molecule has 0 unspecified atom stereocenters. The van der Waals surface area contributed by atoms with Crippen LogP contribution in [0.15, 0.2) is 34.3 Å². The van der Waals surface area contributed by atoms with Gasteiger partial charge in [0.25, 0.3) is 0 Å². The van der Waals surface area contributed by atoms with Crippen molar-refractivity contribution in [3.8, 4) is 5.75 Å². The summed E-state index contributed by atoms with van der Waals surface area (Å²) in [6.45, 7) is 1.57. The lowest BCUT2D eigenvalue weighted by molar-refractivity contribution is -0.143. The Labute approximate surface area is 567 Å². The number of nitrogens with zero attached hydrogens (tertiary/aromatic N) is 3. The number of carbonyl (C=O) groups excluding carboxylic acids is 12. The van der Waals surface area contributed by atoms with Crippen molar-refractivity contribution >= 4 is 88.8 Å². The highest BCUT2D eigenvalue weighted by molar-refractivity contribution is 5.99. The van der Waals surface area contributed by atoms with Crippen molar-refractivity contribution in [3.63, 3.8) is 0 Å². The molecule has 11 atom stereocenters. The Morgan fingerprint density at radius 3 is 1.34 bits per heavy atom. The van der Waals surface area contributed by atoms with Crippen molar-refractivity contribution in [2.75, 3.05) is 45.9 Å². The van der Waals surface area contributed by atoms with Gasteiger partial charge in [-0.1, -0.05) is 26.0 Å². The first-order valence-corrected chi connectivity index (χ1v) is 32.5. The highest BCUT2D eigenvalue weighted by atomic mass is 16.4. The monoisotopic (exact) mass is 1390 g/mol. The number of benzene rings is 1. The van der Waals surface area contributed by atoms with Gasteiger partial charge in [0.05, 0.1) is 19.3 Å². The van der Waals surface area contributed by atoms with Crippen LogP contribution >= 0.6 is 0 Å². The molecule has 0 bridgehead atoms. The topological polar surface area (TPSA) is 673 Å². The van der Waals surface area contributed by atoms with Gasteiger partial charge in [0, 0.05) is 38.9 Å². The minimum absolute atomic E-state index is 0.0117. The average molecular weight is 1390 g/mol. The predicted molar refractivity (Wildman–Crippen MR) is 356 cm³/mol. The highest BCUT2D eigenvalue weighted by Gasteiger charge is 2.41. The first-order chi connectivity index (χ1) is 46.3. The Morgan fingerprint density at radius 1 is 0.500 bits per heavy atom. The summed E-state index contributed by atoms with van der Waals surface area (Å²) in [5, 5.41) is 63.1. The fourth-order valence-corrected chi connectivity index (χ4v) is 10.2. The fourth-order valence-electron chi connectivity index (χ4n) is 10.2. The van der Waals surface area contributed by atoms with Gasteiger partial charge in [-0.15, -0.1) is 0 Å². The number of carboxylic acid groups (broad SMARTS) is 1. The van der Waals surface area contributed by atoms with Crippen molar-refractivity contribution in [2.24, 2.45) is 67.5 Å². The molecule has 31 N–H and O–H groups in total. The molecule has 550 valence electrons. The van der Waals surface area contributed by atoms with Crippen LogP contribution in [0, 0.1) is 5.92 Å². The molecule has 1 aliphatic rings. The number of phenolic OH excluding ortho intramolecular Hbond substituents is 1. The van der Waals surface area contributed by atoms with E-state index in [1.807, 2.05) is 0 Å². The summed E-state index contributed by atoms with van der Waals surface area (Å²) in [7, 11) is 0. The molecule has 1 fully saturated rings. The predicted octanol–water partition coefficient (Wildman–Crippen LogP) is -8.37. The number of carbonyl (C=O) groups is 13. The van der Waals surface area contributed by atoms with E-state index in [1.54, 1.807) is 13.8 Å². The number of primary amides is 2. The molecule has 38 nitrogen and oxygen atoms in total. The Bertz CT molecular complexity index is 2880. The number of hydrogen-bond acceptors (Lipinski definition) is 21. The maximum atomic E-state index is 14.5. The minimum Gasteiger partial charge on any atom is -0.508 e. The van der Waals surface area contributed by atoms with E-state index < -0.39 is 169 Å². The van der Waals surface area contributed by atoms with Gasteiger partial charge < -0.3 is 125 Å². The van der Waals surface area contributed by atoms with Crippen LogP contribution in [0.2, 0.25) is 0 Å². The summed E-state index contributed by atoms with van der Waals surface area (Å²) in [5.74, 6) is -13.6. The maximum Gasteiger partial charge on any atom is 0.326 e. The molecule has 2 rings (SSSR count). The second kappa shape index (κ2) is 45.1. The Hall–Kier alpha value is -9.53. The molecule has 0 aliphatic carbocycles. The summed E-state index contributed by atoms with van der Waals surface area (Å²) < 4.78 is 0. The van der Waals surface area contributed by atoms with Gasteiger partial charge in [0.1, 0.15) is 66.2 Å². The van der Waals surface area contributed by atoms with E-state index >= 15 is 0 Å². The van der Waals surface area contributed by atoms with E-state index in [0.717, 1.165) is 4.90 Å². The number of hydrogen-bond donors (Lipinski definition) is 22. The zero-order chi connectivity index (χ0) is 73.6. The molecule has 38 heteroatoms. The SMILES string of the molecule is CC(C)C[C@H](NC(=O)[C@@H](Cc1ccc(O)cc1)NC(=O)[C@@H](CCCCN)NC(=O)[C@@H](CO)NC(=O)[C@@H](CCCN=C(N)N)NC(=O)[C@@H](CCC(N)=O)NC(=O)[C@H](CO)NC(=O)[C@@H]1CCCN1C(=O)[C@@H](CCCN=C(N)N)NC(=O)[C@H](CCCCN)NC(=O)[C@H](N)CCC(N)=O)C(=O)O. The van der Waals surface area contributed by atoms with Crippen LogP contribution < -0.4 is 99.5 Å². The van der Waals surface area contributed by atoms with E-state index in [-0.39, 0.29) is 140 Å². The number of nitrogens with two attached hydrogens (primary N) is 9. The van der Waals surface area contributed by atoms with Crippen LogP contribution in [-0.2, 0) is 68.7 Å². The van der Waals surface area contributed by atoms with Gasteiger partial charge in [0.2, 0.25) is 70.9 Å². The molecule has 0 saturated carbocycles. The van der Waals surface area contributed by atoms with Crippen molar-refractivity contribution < 1.29 is 82.8 Å². The number of phenols is 1. The molecule has 0 aromatic heterocycles. The Balaban J connectivity index is 2.46. The zero-order valence-electron chi connectivity index (χ0n) is 55.5. The van der Waals surface area contributed by atoms with Gasteiger partial charge in [-0.25, -0.2) is 4.79 Å². The molecular weight excluding hydrogens is 1290 g/mol. The van der Waals surface area contributed by atoms with Gasteiger partial charge in [-0.05, 0) is 133 Å². The molecular formula is C60H103N21O17. The number of likely N-dealkylation sites (tertiary alicyclic amines) is 1. The number of aliphatic carboxylic acids is 1. The number of aromatic hydroxyl groups is 1. The number of carboxylic acids is 1. The van der Waals surface area contributed by atoms with Crippen LogP contribution in [0.25, 0.3) is 0 Å². The third-order valence-corrected chi connectivity index (χ3v) is 15.4. The molecule has 1 saturated heterocycles. The molecule has 1 aliphatic heterocycles. The van der Waals surface area contributed by atoms with Crippen molar-refractivity contribution in [2.45, 2.75) is 196 Å². The molecule has 0 radical (unpaired) electrons. The lowest BCUT2D eigenvalue weighted by Gasteiger charge is -2.31. The Kier molecular flexibility index (Phi) is 38.9. The van der Waals surface area contributed by atoms with Crippen molar-refractivity contribution in [1.29, 1.82) is 0 Å². The van der Waals surface area contributed by atoms with E-state index in [2.05, 4.69) is 57.8 Å². The quantitative estimate of drug-likeness (QED) is 0.0164. The summed E-state index contributed by atoms with van der Waals surface area (Å²) in [5.41, 5.74) is 50.5. The minimum atomic E-state index is -1.85.